The van der Waals surface area contributed by atoms with Crippen molar-refractivity contribution in [1.29, 1.82) is 0 Å². The maximum absolute atomic E-state index is 12.9. The lowest BCUT2D eigenvalue weighted by molar-refractivity contribution is -0.385. The lowest BCUT2D eigenvalue weighted by Gasteiger charge is -2.22. The first kappa shape index (κ1) is 13.4. The van der Waals surface area contributed by atoms with Crippen LogP contribution < -0.4 is 4.90 Å². The standard InChI is InChI=1S/C14H13FN4O2/c15-11-3-1-10(2-4-11)9-18(12-5-6-12)14-16-7-13(8-17-14)19(20)21/h1-4,7-8,12H,5-6,9H2. The summed E-state index contributed by atoms with van der Waals surface area (Å²) >= 11 is 0. The summed E-state index contributed by atoms with van der Waals surface area (Å²) in [6, 6.07) is 6.61. The number of benzene rings is 1. The lowest BCUT2D eigenvalue weighted by atomic mass is 10.2. The summed E-state index contributed by atoms with van der Waals surface area (Å²) in [5.74, 6) is 0.190. The van der Waals surface area contributed by atoms with Gasteiger partial charge in [-0.25, -0.2) is 14.4 Å². The van der Waals surface area contributed by atoms with Crippen LogP contribution in [0.4, 0.5) is 16.0 Å². The van der Waals surface area contributed by atoms with Gasteiger partial charge in [-0.2, -0.15) is 0 Å². The van der Waals surface area contributed by atoms with Gasteiger partial charge in [0, 0.05) is 12.6 Å². The third-order valence-corrected chi connectivity index (χ3v) is 3.35. The van der Waals surface area contributed by atoms with Crippen LogP contribution in [-0.2, 0) is 6.54 Å². The van der Waals surface area contributed by atoms with Gasteiger partial charge in [0.05, 0.1) is 4.92 Å². The number of anilines is 1. The van der Waals surface area contributed by atoms with Crippen molar-refractivity contribution < 1.29 is 9.31 Å². The molecule has 0 spiro atoms. The second kappa shape index (κ2) is 5.43. The summed E-state index contributed by atoms with van der Waals surface area (Å²) in [5, 5.41) is 10.6. The number of halogens is 1. The molecule has 1 aromatic carbocycles. The van der Waals surface area contributed by atoms with E-state index in [0.717, 1.165) is 18.4 Å². The summed E-state index contributed by atoms with van der Waals surface area (Å²) in [6.07, 6.45) is 4.51. The Morgan fingerprint density at radius 3 is 2.38 bits per heavy atom. The highest BCUT2D eigenvalue weighted by Gasteiger charge is 2.31. The van der Waals surface area contributed by atoms with Crippen LogP contribution in [-0.4, -0.2) is 20.9 Å². The minimum atomic E-state index is -0.523. The van der Waals surface area contributed by atoms with Crippen molar-refractivity contribution in [1.82, 2.24) is 9.97 Å². The lowest BCUT2D eigenvalue weighted by Crippen LogP contribution is -2.27. The van der Waals surface area contributed by atoms with Gasteiger partial charge in [0.1, 0.15) is 18.2 Å². The predicted octanol–water partition coefficient (Wildman–Crippen LogP) is 2.69. The Morgan fingerprint density at radius 1 is 1.24 bits per heavy atom. The van der Waals surface area contributed by atoms with Crippen molar-refractivity contribution in [3.05, 3.63) is 58.2 Å². The van der Waals surface area contributed by atoms with Gasteiger partial charge in [-0.1, -0.05) is 12.1 Å². The van der Waals surface area contributed by atoms with Gasteiger partial charge in [0.25, 0.3) is 0 Å². The first-order chi connectivity index (χ1) is 10.1. The monoisotopic (exact) mass is 288 g/mol. The normalized spacial score (nSPS) is 14.0. The van der Waals surface area contributed by atoms with E-state index < -0.39 is 4.92 Å². The molecule has 7 heteroatoms. The molecule has 1 aliphatic carbocycles. The topological polar surface area (TPSA) is 72.2 Å². The van der Waals surface area contributed by atoms with Gasteiger partial charge in [-0.15, -0.1) is 0 Å². The summed E-state index contributed by atoms with van der Waals surface area (Å²) < 4.78 is 12.9. The van der Waals surface area contributed by atoms with Crippen molar-refractivity contribution in [2.24, 2.45) is 0 Å². The second-order valence-electron chi connectivity index (χ2n) is 4.98. The van der Waals surface area contributed by atoms with Gasteiger partial charge >= 0.3 is 5.69 Å². The van der Waals surface area contributed by atoms with Gasteiger partial charge in [0.2, 0.25) is 5.95 Å². The Bertz CT molecular complexity index is 641. The Kier molecular flexibility index (Phi) is 3.47. The van der Waals surface area contributed by atoms with E-state index in [0.29, 0.717) is 18.5 Å². The average molecular weight is 288 g/mol. The molecular weight excluding hydrogens is 275 g/mol. The largest absolute Gasteiger partial charge is 0.334 e. The van der Waals surface area contributed by atoms with Gasteiger partial charge in [-0.05, 0) is 30.5 Å². The number of rotatable bonds is 5. The molecule has 0 N–H and O–H groups in total. The summed E-state index contributed by atoms with van der Waals surface area (Å²) in [5.41, 5.74) is 0.821. The summed E-state index contributed by atoms with van der Waals surface area (Å²) in [6.45, 7) is 0.558. The highest BCUT2D eigenvalue weighted by molar-refractivity contribution is 5.38. The maximum atomic E-state index is 12.9. The van der Waals surface area contributed by atoms with Crippen LogP contribution in [0.3, 0.4) is 0 Å². The van der Waals surface area contributed by atoms with Crippen molar-refractivity contribution in [2.75, 3.05) is 4.90 Å². The first-order valence-electron chi connectivity index (χ1n) is 6.61. The summed E-state index contributed by atoms with van der Waals surface area (Å²) in [4.78, 5) is 20.3. The molecule has 3 rings (SSSR count). The molecule has 0 saturated heterocycles. The minimum absolute atomic E-state index is 0.128. The summed E-state index contributed by atoms with van der Waals surface area (Å²) in [7, 11) is 0. The molecule has 1 aromatic heterocycles. The molecule has 1 aliphatic rings. The van der Waals surface area contributed by atoms with Crippen LogP contribution in [0.5, 0.6) is 0 Å². The van der Waals surface area contributed by atoms with Crippen LogP contribution >= 0.6 is 0 Å². The number of hydrogen-bond acceptors (Lipinski definition) is 5. The van der Waals surface area contributed by atoms with Gasteiger partial charge in [0.15, 0.2) is 0 Å². The fraction of sp³-hybridized carbons (Fsp3) is 0.286. The molecule has 0 amide bonds. The molecule has 1 heterocycles. The SMILES string of the molecule is O=[N+]([O-])c1cnc(N(Cc2ccc(F)cc2)C2CC2)nc1. The number of hydrogen-bond donors (Lipinski definition) is 0. The van der Waals surface area contributed by atoms with Crippen LogP contribution in [0.1, 0.15) is 18.4 Å². The molecule has 0 aliphatic heterocycles. The minimum Gasteiger partial charge on any atom is -0.334 e. The Balaban J connectivity index is 1.81. The maximum Gasteiger partial charge on any atom is 0.305 e. The molecule has 21 heavy (non-hydrogen) atoms. The van der Waals surface area contributed by atoms with E-state index >= 15 is 0 Å². The van der Waals surface area contributed by atoms with E-state index in [1.54, 1.807) is 12.1 Å². The number of nitro groups is 1. The number of nitrogens with zero attached hydrogens (tertiary/aromatic N) is 4. The van der Waals surface area contributed by atoms with E-state index in [4.69, 9.17) is 0 Å². The molecule has 108 valence electrons. The van der Waals surface area contributed by atoms with Crippen molar-refractivity contribution in [2.45, 2.75) is 25.4 Å². The van der Waals surface area contributed by atoms with Crippen LogP contribution in [0.2, 0.25) is 0 Å². The van der Waals surface area contributed by atoms with E-state index in [9.17, 15) is 14.5 Å². The average Bonchev–Trinajstić information content (AvgIpc) is 3.31. The van der Waals surface area contributed by atoms with E-state index in [1.165, 1.54) is 24.5 Å². The van der Waals surface area contributed by atoms with E-state index in [1.807, 2.05) is 4.90 Å². The fourth-order valence-corrected chi connectivity index (χ4v) is 2.09. The fourth-order valence-electron chi connectivity index (χ4n) is 2.09. The highest BCUT2D eigenvalue weighted by atomic mass is 19.1. The highest BCUT2D eigenvalue weighted by Crippen LogP contribution is 2.31. The molecule has 1 fully saturated rings. The molecule has 0 atom stereocenters. The molecule has 0 bridgehead atoms. The van der Waals surface area contributed by atoms with E-state index in [-0.39, 0.29) is 11.5 Å². The van der Waals surface area contributed by atoms with Crippen LogP contribution in [0, 0.1) is 15.9 Å². The zero-order chi connectivity index (χ0) is 14.8. The van der Waals surface area contributed by atoms with Crippen molar-refractivity contribution in [3.8, 4) is 0 Å². The molecule has 0 unspecified atom stereocenters. The van der Waals surface area contributed by atoms with Crippen molar-refractivity contribution >= 4 is 11.6 Å². The third-order valence-electron chi connectivity index (χ3n) is 3.35. The molecule has 6 nitrogen and oxygen atoms in total. The van der Waals surface area contributed by atoms with Gasteiger partial charge in [-0.3, -0.25) is 10.1 Å². The zero-order valence-electron chi connectivity index (χ0n) is 11.1. The molecule has 1 saturated carbocycles. The van der Waals surface area contributed by atoms with E-state index in [2.05, 4.69) is 9.97 Å². The molecular formula is C14H13FN4O2. The van der Waals surface area contributed by atoms with Crippen molar-refractivity contribution in [3.63, 3.8) is 0 Å². The third kappa shape index (κ3) is 3.13. The number of aromatic nitrogens is 2. The quantitative estimate of drug-likeness (QED) is 0.624. The van der Waals surface area contributed by atoms with Crippen LogP contribution in [0.15, 0.2) is 36.7 Å². The van der Waals surface area contributed by atoms with Crippen LogP contribution in [0.25, 0.3) is 0 Å². The Labute approximate surface area is 120 Å². The Morgan fingerprint density at radius 2 is 1.86 bits per heavy atom. The first-order valence-corrected chi connectivity index (χ1v) is 6.61. The Hall–Kier alpha value is -2.57. The van der Waals surface area contributed by atoms with Gasteiger partial charge < -0.3 is 4.90 Å². The molecule has 0 radical (unpaired) electrons. The smallest absolute Gasteiger partial charge is 0.305 e. The zero-order valence-corrected chi connectivity index (χ0v) is 11.1. The predicted molar refractivity (Wildman–Crippen MR) is 74.3 cm³/mol. The molecule has 2 aromatic rings. The second-order valence-corrected chi connectivity index (χ2v) is 4.98.